The van der Waals surface area contributed by atoms with E-state index >= 15 is 0 Å². The molecular weight excluding hydrogens is 194 g/mol. The Morgan fingerprint density at radius 3 is 2.79 bits per heavy atom. The Morgan fingerprint density at radius 2 is 2.21 bits per heavy atom. The number of nitrogens with two attached hydrogens (primary N) is 1. The van der Waals surface area contributed by atoms with Gasteiger partial charge in [-0.25, -0.2) is 0 Å². The van der Waals surface area contributed by atoms with Gasteiger partial charge in [0.1, 0.15) is 0 Å². The van der Waals surface area contributed by atoms with Crippen molar-refractivity contribution >= 4 is 11.8 Å². The summed E-state index contributed by atoms with van der Waals surface area (Å²) in [6.45, 7) is 0. The first kappa shape index (κ1) is 11.5. The van der Waals surface area contributed by atoms with Gasteiger partial charge in [-0.2, -0.15) is 11.8 Å². The van der Waals surface area contributed by atoms with E-state index in [0.29, 0.717) is 6.04 Å². The van der Waals surface area contributed by atoms with Gasteiger partial charge in [0.2, 0.25) is 0 Å². The van der Waals surface area contributed by atoms with Crippen LogP contribution in [-0.4, -0.2) is 23.0 Å². The maximum Gasteiger partial charge on any atom is 0.0270 e. The van der Waals surface area contributed by atoms with Crippen molar-refractivity contribution in [3.05, 3.63) is 30.1 Å². The Labute approximate surface area is 89.5 Å². The number of thioether (sulfide) groups is 1. The predicted octanol–water partition coefficient (Wildman–Crippen LogP) is 1.21. The summed E-state index contributed by atoms with van der Waals surface area (Å²) in [5.41, 5.74) is 4.13. The average molecular weight is 211 g/mol. The minimum absolute atomic E-state index is 0.366. The maximum absolute atomic E-state index is 5.49. The highest BCUT2D eigenvalue weighted by Crippen LogP contribution is 2.06. The summed E-state index contributed by atoms with van der Waals surface area (Å²) >= 11 is 1.85. The van der Waals surface area contributed by atoms with Gasteiger partial charge in [0.15, 0.2) is 0 Å². The van der Waals surface area contributed by atoms with E-state index in [9.17, 15) is 0 Å². The molecule has 0 saturated carbocycles. The zero-order valence-corrected chi connectivity index (χ0v) is 9.26. The molecule has 0 aliphatic carbocycles. The van der Waals surface area contributed by atoms with E-state index in [1.54, 1.807) is 0 Å². The average Bonchev–Trinajstić information content (AvgIpc) is 2.25. The third-order valence-electron chi connectivity index (χ3n) is 2.14. The SMILES string of the molecule is CSCCC(Cc1ccncc1)NN. The molecule has 1 atom stereocenters. The number of aromatic nitrogens is 1. The number of hydrogen-bond donors (Lipinski definition) is 2. The van der Waals surface area contributed by atoms with Gasteiger partial charge in [-0.05, 0) is 42.5 Å². The lowest BCUT2D eigenvalue weighted by atomic mass is 10.1. The number of nitrogens with one attached hydrogen (secondary N) is 1. The number of hydrazine groups is 1. The quantitative estimate of drug-likeness (QED) is 0.548. The third kappa shape index (κ3) is 4.09. The maximum atomic E-state index is 5.49. The van der Waals surface area contributed by atoms with Gasteiger partial charge in [-0.15, -0.1) is 0 Å². The predicted molar refractivity (Wildman–Crippen MR) is 62.1 cm³/mol. The van der Waals surface area contributed by atoms with Gasteiger partial charge in [0, 0.05) is 18.4 Å². The van der Waals surface area contributed by atoms with Crippen LogP contribution in [0.5, 0.6) is 0 Å². The van der Waals surface area contributed by atoms with E-state index in [1.807, 2.05) is 36.3 Å². The minimum Gasteiger partial charge on any atom is -0.271 e. The first-order valence-corrected chi connectivity index (χ1v) is 6.10. The summed E-state index contributed by atoms with van der Waals surface area (Å²) in [5, 5.41) is 0. The van der Waals surface area contributed by atoms with E-state index in [2.05, 4.69) is 16.7 Å². The zero-order valence-electron chi connectivity index (χ0n) is 8.44. The van der Waals surface area contributed by atoms with Crippen LogP contribution in [0.15, 0.2) is 24.5 Å². The zero-order chi connectivity index (χ0) is 10.2. The van der Waals surface area contributed by atoms with Crippen molar-refractivity contribution in [2.75, 3.05) is 12.0 Å². The highest BCUT2D eigenvalue weighted by molar-refractivity contribution is 7.98. The van der Waals surface area contributed by atoms with Crippen molar-refractivity contribution < 1.29 is 0 Å². The fourth-order valence-electron chi connectivity index (χ4n) is 1.31. The van der Waals surface area contributed by atoms with Gasteiger partial charge in [0.25, 0.3) is 0 Å². The molecule has 0 bridgehead atoms. The molecule has 14 heavy (non-hydrogen) atoms. The van der Waals surface area contributed by atoms with Crippen LogP contribution in [-0.2, 0) is 6.42 Å². The Kier molecular flexibility index (Phi) is 5.59. The van der Waals surface area contributed by atoms with Crippen molar-refractivity contribution in [3.63, 3.8) is 0 Å². The fourth-order valence-corrected chi connectivity index (χ4v) is 1.83. The summed E-state index contributed by atoms with van der Waals surface area (Å²) in [4.78, 5) is 3.98. The van der Waals surface area contributed by atoms with Crippen LogP contribution < -0.4 is 11.3 Å². The lowest BCUT2D eigenvalue weighted by Gasteiger charge is -2.14. The highest BCUT2D eigenvalue weighted by Gasteiger charge is 2.06. The summed E-state index contributed by atoms with van der Waals surface area (Å²) < 4.78 is 0. The molecule has 0 saturated heterocycles. The topological polar surface area (TPSA) is 50.9 Å². The smallest absolute Gasteiger partial charge is 0.0270 e. The van der Waals surface area contributed by atoms with Crippen molar-refractivity contribution in [1.29, 1.82) is 0 Å². The molecule has 1 aromatic heterocycles. The number of pyridine rings is 1. The van der Waals surface area contributed by atoms with Gasteiger partial charge < -0.3 is 0 Å². The summed E-state index contributed by atoms with van der Waals surface area (Å²) in [7, 11) is 0. The molecule has 0 aliphatic rings. The Balaban J connectivity index is 2.40. The van der Waals surface area contributed by atoms with Crippen LogP contribution in [0.2, 0.25) is 0 Å². The summed E-state index contributed by atoms with van der Waals surface area (Å²) in [6, 6.07) is 4.43. The monoisotopic (exact) mass is 211 g/mol. The van der Waals surface area contributed by atoms with Crippen molar-refractivity contribution in [1.82, 2.24) is 10.4 Å². The Hall–Kier alpha value is -0.580. The van der Waals surface area contributed by atoms with Gasteiger partial charge in [-0.1, -0.05) is 0 Å². The molecule has 78 valence electrons. The standard InChI is InChI=1S/C10H17N3S/c1-14-7-4-10(13-11)8-9-2-5-12-6-3-9/h2-3,5-6,10,13H,4,7-8,11H2,1H3. The molecule has 1 aromatic rings. The summed E-state index contributed by atoms with van der Waals surface area (Å²) in [5.74, 6) is 6.63. The highest BCUT2D eigenvalue weighted by atomic mass is 32.2. The second-order valence-corrected chi connectivity index (χ2v) is 4.19. The molecule has 0 aromatic carbocycles. The normalized spacial score (nSPS) is 12.7. The molecule has 3 nitrogen and oxygen atoms in total. The Bertz CT molecular complexity index is 240. The van der Waals surface area contributed by atoms with Crippen LogP contribution in [0, 0.1) is 0 Å². The second-order valence-electron chi connectivity index (χ2n) is 3.20. The molecule has 0 amide bonds. The second kappa shape index (κ2) is 6.81. The van der Waals surface area contributed by atoms with Gasteiger partial charge >= 0.3 is 0 Å². The lowest BCUT2D eigenvalue weighted by Crippen LogP contribution is -2.37. The molecule has 4 heteroatoms. The Morgan fingerprint density at radius 1 is 1.50 bits per heavy atom. The molecule has 0 aliphatic heterocycles. The number of rotatable bonds is 6. The number of nitrogens with zero attached hydrogens (tertiary/aromatic N) is 1. The van der Waals surface area contributed by atoms with E-state index in [0.717, 1.165) is 18.6 Å². The lowest BCUT2D eigenvalue weighted by molar-refractivity contribution is 0.514. The van der Waals surface area contributed by atoms with Crippen LogP contribution in [0.4, 0.5) is 0 Å². The molecule has 1 rings (SSSR count). The van der Waals surface area contributed by atoms with E-state index < -0.39 is 0 Å². The van der Waals surface area contributed by atoms with Gasteiger partial charge in [0.05, 0.1) is 0 Å². The molecule has 3 N–H and O–H groups in total. The third-order valence-corrected chi connectivity index (χ3v) is 2.78. The van der Waals surface area contributed by atoms with E-state index in [4.69, 9.17) is 5.84 Å². The van der Waals surface area contributed by atoms with Crippen molar-refractivity contribution in [2.24, 2.45) is 5.84 Å². The van der Waals surface area contributed by atoms with Crippen molar-refractivity contribution in [3.8, 4) is 0 Å². The first-order chi connectivity index (χ1) is 6.86. The fraction of sp³-hybridized carbons (Fsp3) is 0.500. The van der Waals surface area contributed by atoms with Crippen LogP contribution in [0.3, 0.4) is 0 Å². The van der Waals surface area contributed by atoms with Crippen LogP contribution >= 0.6 is 11.8 Å². The molecule has 0 radical (unpaired) electrons. The van der Waals surface area contributed by atoms with Crippen molar-refractivity contribution in [2.45, 2.75) is 18.9 Å². The van der Waals surface area contributed by atoms with Crippen LogP contribution in [0.25, 0.3) is 0 Å². The number of hydrogen-bond acceptors (Lipinski definition) is 4. The van der Waals surface area contributed by atoms with E-state index in [-0.39, 0.29) is 0 Å². The minimum atomic E-state index is 0.366. The largest absolute Gasteiger partial charge is 0.271 e. The molecular formula is C10H17N3S. The van der Waals surface area contributed by atoms with Gasteiger partial charge in [-0.3, -0.25) is 16.3 Å². The molecule has 0 fully saturated rings. The summed E-state index contributed by atoms with van der Waals surface area (Å²) in [6.07, 6.45) is 7.81. The first-order valence-electron chi connectivity index (χ1n) is 4.70. The van der Waals surface area contributed by atoms with E-state index in [1.165, 1.54) is 5.56 Å². The molecule has 1 unspecified atom stereocenters. The molecule has 0 spiro atoms. The van der Waals surface area contributed by atoms with Crippen LogP contribution in [0.1, 0.15) is 12.0 Å². The molecule has 1 heterocycles.